The van der Waals surface area contributed by atoms with Gasteiger partial charge in [-0.1, -0.05) is 13.0 Å². The van der Waals surface area contributed by atoms with Crippen LogP contribution < -0.4 is 5.73 Å². The number of alkyl halides is 1. The summed E-state index contributed by atoms with van der Waals surface area (Å²) in [6.07, 6.45) is 0. The van der Waals surface area contributed by atoms with Gasteiger partial charge in [0.05, 0.1) is 16.9 Å². The molecule has 0 saturated carbocycles. The molecule has 0 fully saturated rings. The molecular formula is C12H13ClN2O4S. The summed E-state index contributed by atoms with van der Waals surface area (Å²) in [6, 6.07) is 4.32. The topological polar surface area (TPSA) is 97.5 Å². The van der Waals surface area contributed by atoms with Gasteiger partial charge in [0.1, 0.15) is 0 Å². The van der Waals surface area contributed by atoms with E-state index in [-0.39, 0.29) is 38.7 Å². The number of nitrogens with zero attached hydrogens (tertiary/aromatic N) is 1. The zero-order chi connectivity index (χ0) is 15.1. The Morgan fingerprint density at radius 1 is 1.30 bits per heavy atom. The summed E-state index contributed by atoms with van der Waals surface area (Å²) in [4.78, 5) is 24.3. The van der Waals surface area contributed by atoms with E-state index < -0.39 is 21.8 Å². The lowest BCUT2D eigenvalue weighted by Gasteiger charge is -2.16. The van der Waals surface area contributed by atoms with Crippen LogP contribution in [0.25, 0.3) is 0 Å². The number of carbonyl (C=O) groups is 2. The van der Waals surface area contributed by atoms with E-state index in [2.05, 4.69) is 0 Å². The quantitative estimate of drug-likeness (QED) is 0.509. The molecule has 0 saturated heterocycles. The molecule has 1 heterocycles. The predicted molar refractivity (Wildman–Crippen MR) is 75.0 cm³/mol. The van der Waals surface area contributed by atoms with Crippen molar-refractivity contribution in [3.8, 4) is 0 Å². The first-order valence-corrected chi connectivity index (χ1v) is 8.00. The molecule has 1 aromatic carbocycles. The maximum atomic E-state index is 12.2. The zero-order valence-corrected chi connectivity index (χ0v) is 12.2. The molecular weight excluding hydrogens is 304 g/mol. The third kappa shape index (κ3) is 2.27. The standard InChI is InChI=1S/C12H13ClN2O4S/c1-7(5-13)6-20(18,19)15-11(16)8-3-2-4-9(14)10(8)12(15)17/h2-4,7H,5-6,14H2,1H3. The van der Waals surface area contributed by atoms with Crippen molar-refractivity contribution < 1.29 is 18.0 Å². The van der Waals surface area contributed by atoms with E-state index in [4.69, 9.17) is 17.3 Å². The highest BCUT2D eigenvalue weighted by molar-refractivity contribution is 7.90. The van der Waals surface area contributed by atoms with E-state index in [9.17, 15) is 18.0 Å². The van der Waals surface area contributed by atoms with Crippen molar-refractivity contribution in [3.63, 3.8) is 0 Å². The second-order valence-electron chi connectivity index (χ2n) is 4.68. The van der Waals surface area contributed by atoms with E-state index in [1.54, 1.807) is 6.92 Å². The number of hydrogen-bond donors (Lipinski definition) is 1. The van der Waals surface area contributed by atoms with E-state index in [1.807, 2.05) is 0 Å². The Morgan fingerprint density at radius 3 is 2.50 bits per heavy atom. The highest BCUT2D eigenvalue weighted by Gasteiger charge is 2.44. The Balaban J connectivity index is 2.46. The van der Waals surface area contributed by atoms with Crippen molar-refractivity contribution in [2.75, 3.05) is 17.4 Å². The molecule has 2 N–H and O–H groups in total. The Morgan fingerprint density at radius 2 is 1.95 bits per heavy atom. The molecule has 2 rings (SSSR count). The van der Waals surface area contributed by atoms with Gasteiger partial charge >= 0.3 is 0 Å². The fourth-order valence-corrected chi connectivity index (χ4v) is 3.94. The number of nitrogen functional groups attached to an aromatic ring is 1. The van der Waals surface area contributed by atoms with Gasteiger partial charge in [-0.3, -0.25) is 9.59 Å². The largest absolute Gasteiger partial charge is 0.398 e. The number of sulfonamides is 1. The highest BCUT2D eigenvalue weighted by atomic mass is 35.5. The minimum atomic E-state index is -4.06. The first-order valence-electron chi connectivity index (χ1n) is 5.85. The maximum Gasteiger partial charge on any atom is 0.277 e. The molecule has 6 nitrogen and oxygen atoms in total. The average molecular weight is 317 g/mol. The molecule has 0 bridgehead atoms. The molecule has 1 aliphatic heterocycles. The van der Waals surface area contributed by atoms with Crippen molar-refractivity contribution in [1.29, 1.82) is 0 Å². The number of benzene rings is 1. The SMILES string of the molecule is CC(CCl)CS(=O)(=O)N1C(=O)c2cccc(N)c2C1=O. The van der Waals surface area contributed by atoms with Crippen LogP contribution in [0.4, 0.5) is 5.69 Å². The summed E-state index contributed by atoms with van der Waals surface area (Å²) in [5, 5.41) is 0. The van der Waals surface area contributed by atoms with Crippen LogP contribution in [0.2, 0.25) is 0 Å². The summed E-state index contributed by atoms with van der Waals surface area (Å²) in [5.74, 6) is -2.39. The van der Waals surface area contributed by atoms with Crippen LogP contribution in [0.15, 0.2) is 18.2 Å². The predicted octanol–water partition coefficient (Wildman–Crippen LogP) is 1.07. The van der Waals surface area contributed by atoms with Crippen LogP contribution in [0, 0.1) is 5.92 Å². The van der Waals surface area contributed by atoms with Gasteiger partial charge < -0.3 is 5.73 Å². The minimum Gasteiger partial charge on any atom is -0.398 e. The Labute approximate surface area is 121 Å². The Kier molecular flexibility index (Phi) is 3.75. The van der Waals surface area contributed by atoms with Gasteiger partial charge in [0.2, 0.25) is 10.0 Å². The van der Waals surface area contributed by atoms with Crippen LogP contribution in [0.5, 0.6) is 0 Å². The lowest BCUT2D eigenvalue weighted by molar-refractivity contribution is 0.0765. The van der Waals surface area contributed by atoms with Crippen molar-refractivity contribution in [2.45, 2.75) is 6.92 Å². The Bertz CT molecular complexity index is 687. The van der Waals surface area contributed by atoms with Gasteiger partial charge in [0.15, 0.2) is 0 Å². The van der Waals surface area contributed by atoms with Crippen LogP contribution in [-0.4, -0.2) is 36.2 Å². The molecule has 0 aliphatic carbocycles. The average Bonchev–Trinajstić information content (AvgIpc) is 2.62. The highest BCUT2D eigenvalue weighted by Crippen LogP contribution is 2.30. The number of fused-ring (bicyclic) bond motifs is 1. The van der Waals surface area contributed by atoms with Gasteiger partial charge in [0, 0.05) is 11.6 Å². The molecule has 20 heavy (non-hydrogen) atoms. The van der Waals surface area contributed by atoms with Crippen LogP contribution in [0.3, 0.4) is 0 Å². The summed E-state index contributed by atoms with van der Waals surface area (Å²) in [6.45, 7) is 1.62. The monoisotopic (exact) mass is 316 g/mol. The summed E-state index contributed by atoms with van der Waals surface area (Å²) >= 11 is 5.58. The van der Waals surface area contributed by atoms with Gasteiger partial charge in [-0.2, -0.15) is 4.31 Å². The second kappa shape index (κ2) is 5.06. The zero-order valence-electron chi connectivity index (χ0n) is 10.7. The van der Waals surface area contributed by atoms with Crippen molar-refractivity contribution in [1.82, 2.24) is 4.31 Å². The number of imide groups is 1. The number of carbonyl (C=O) groups excluding carboxylic acids is 2. The van der Waals surface area contributed by atoms with Gasteiger partial charge in [0.25, 0.3) is 11.8 Å². The molecule has 0 spiro atoms. The maximum absolute atomic E-state index is 12.2. The number of anilines is 1. The molecule has 8 heteroatoms. The minimum absolute atomic E-state index is 0.0112. The number of amides is 2. The van der Waals surface area contributed by atoms with Crippen molar-refractivity contribution in [2.24, 2.45) is 5.92 Å². The number of rotatable bonds is 4. The summed E-state index contributed by atoms with van der Waals surface area (Å²) in [7, 11) is -4.06. The number of nitrogens with two attached hydrogens (primary N) is 1. The fraction of sp³-hybridized carbons (Fsp3) is 0.333. The summed E-state index contributed by atoms with van der Waals surface area (Å²) < 4.78 is 24.7. The lowest BCUT2D eigenvalue weighted by Crippen LogP contribution is -2.39. The molecule has 2 amide bonds. The second-order valence-corrected chi connectivity index (χ2v) is 6.85. The fourth-order valence-electron chi connectivity index (χ4n) is 2.02. The lowest BCUT2D eigenvalue weighted by atomic mass is 10.1. The third-order valence-corrected chi connectivity index (χ3v) is 5.35. The number of halogens is 1. The van der Waals surface area contributed by atoms with E-state index in [1.165, 1.54) is 18.2 Å². The van der Waals surface area contributed by atoms with Crippen molar-refractivity contribution >= 4 is 39.1 Å². The van der Waals surface area contributed by atoms with Crippen molar-refractivity contribution in [3.05, 3.63) is 29.3 Å². The van der Waals surface area contributed by atoms with Gasteiger partial charge in [-0.05, 0) is 18.1 Å². The molecule has 0 radical (unpaired) electrons. The number of hydrogen-bond acceptors (Lipinski definition) is 5. The first kappa shape index (κ1) is 14.8. The van der Waals surface area contributed by atoms with Crippen LogP contribution in [-0.2, 0) is 10.0 Å². The van der Waals surface area contributed by atoms with E-state index >= 15 is 0 Å². The first-order chi connectivity index (χ1) is 9.29. The summed E-state index contributed by atoms with van der Waals surface area (Å²) in [5.41, 5.74) is 5.68. The molecule has 1 unspecified atom stereocenters. The normalized spacial score (nSPS) is 16.4. The van der Waals surface area contributed by atoms with Crippen LogP contribution >= 0.6 is 11.6 Å². The molecule has 1 atom stereocenters. The van der Waals surface area contributed by atoms with E-state index in [0.29, 0.717) is 0 Å². The third-order valence-electron chi connectivity index (χ3n) is 2.95. The van der Waals surface area contributed by atoms with Gasteiger partial charge in [-0.15, -0.1) is 11.6 Å². The molecule has 1 aliphatic rings. The smallest absolute Gasteiger partial charge is 0.277 e. The van der Waals surface area contributed by atoms with E-state index in [0.717, 1.165) is 0 Å². The molecule has 0 aromatic heterocycles. The van der Waals surface area contributed by atoms with Crippen LogP contribution in [0.1, 0.15) is 27.6 Å². The van der Waals surface area contributed by atoms with Gasteiger partial charge in [-0.25, -0.2) is 8.42 Å². The molecule has 1 aromatic rings. The molecule has 108 valence electrons. The Hall–Kier alpha value is -1.60.